The number of pyridine rings is 1. The average molecular weight is 282 g/mol. The Kier molecular flexibility index (Phi) is 3.32. The molecular formula is C16H14N2OS. The first-order valence-corrected chi connectivity index (χ1v) is 7.18. The van der Waals surface area contributed by atoms with Crippen LogP contribution in [0.4, 0.5) is 0 Å². The average Bonchev–Trinajstić information content (AvgIpc) is 2.45. The van der Waals surface area contributed by atoms with E-state index in [9.17, 15) is 4.79 Å². The third-order valence-electron chi connectivity index (χ3n) is 3.14. The SMILES string of the molecule is Cc1ccc(Sc2cnc3c(C)cccn3c2=O)cc1. The van der Waals surface area contributed by atoms with Crippen LogP contribution in [0, 0.1) is 13.8 Å². The van der Waals surface area contributed by atoms with Crippen LogP contribution in [0.3, 0.4) is 0 Å². The molecule has 2 heterocycles. The van der Waals surface area contributed by atoms with Crippen molar-refractivity contribution in [3.8, 4) is 0 Å². The lowest BCUT2D eigenvalue weighted by atomic mass is 10.2. The Bertz CT molecular complexity index is 822. The molecule has 20 heavy (non-hydrogen) atoms. The minimum atomic E-state index is -0.0238. The highest BCUT2D eigenvalue weighted by molar-refractivity contribution is 7.99. The van der Waals surface area contributed by atoms with Gasteiger partial charge < -0.3 is 0 Å². The quantitative estimate of drug-likeness (QED) is 0.722. The molecular weight excluding hydrogens is 268 g/mol. The van der Waals surface area contributed by atoms with Gasteiger partial charge in [0.05, 0.1) is 4.90 Å². The summed E-state index contributed by atoms with van der Waals surface area (Å²) in [6.07, 6.45) is 3.42. The second-order valence-electron chi connectivity index (χ2n) is 4.73. The normalized spacial score (nSPS) is 10.9. The van der Waals surface area contributed by atoms with Crippen LogP contribution >= 0.6 is 11.8 Å². The van der Waals surface area contributed by atoms with Crippen molar-refractivity contribution in [2.45, 2.75) is 23.6 Å². The van der Waals surface area contributed by atoms with Crippen LogP contribution in [0.25, 0.3) is 5.65 Å². The molecule has 0 fully saturated rings. The van der Waals surface area contributed by atoms with Crippen molar-refractivity contribution in [2.24, 2.45) is 0 Å². The molecule has 0 atom stereocenters. The summed E-state index contributed by atoms with van der Waals surface area (Å²) in [7, 11) is 0. The van der Waals surface area contributed by atoms with Crippen LogP contribution < -0.4 is 5.56 Å². The highest BCUT2D eigenvalue weighted by atomic mass is 32.2. The zero-order valence-electron chi connectivity index (χ0n) is 11.3. The van der Waals surface area contributed by atoms with E-state index in [0.29, 0.717) is 10.5 Å². The van der Waals surface area contributed by atoms with Crippen molar-refractivity contribution in [3.63, 3.8) is 0 Å². The monoisotopic (exact) mass is 282 g/mol. The van der Waals surface area contributed by atoms with Gasteiger partial charge in [-0.15, -0.1) is 0 Å². The van der Waals surface area contributed by atoms with E-state index in [1.54, 1.807) is 16.8 Å². The predicted molar refractivity (Wildman–Crippen MR) is 81.5 cm³/mol. The number of aromatic nitrogens is 2. The van der Waals surface area contributed by atoms with Crippen molar-refractivity contribution in [2.75, 3.05) is 0 Å². The summed E-state index contributed by atoms with van der Waals surface area (Å²) in [6, 6.07) is 11.9. The molecule has 0 aliphatic rings. The second-order valence-corrected chi connectivity index (χ2v) is 5.84. The fourth-order valence-electron chi connectivity index (χ4n) is 2.03. The number of rotatable bonds is 2. The lowest BCUT2D eigenvalue weighted by Gasteiger charge is -2.06. The van der Waals surface area contributed by atoms with Gasteiger partial charge >= 0.3 is 0 Å². The lowest BCUT2D eigenvalue weighted by Crippen LogP contribution is -2.16. The van der Waals surface area contributed by atoms with Crippen LogP contribution in [-0.4, -0.2) is 9.38 Å². The molecule has 0 unspecified atom stereocenters. The summed E-state index contributed by atoms with van der Waals surface area (Å²) in [5, 5.41) is 0. The van der Waals surface area contributed by atoms with Crippen molar-refractivity contribution >= 4 is 17.4 Å². The van der Waals surface area contributed by atoms with Gasteiger partial charge in [-0.2, -0.15) is 0 Å². The Labute approximate surface area is 121 Å². The number of hydrogen-bond donors (Lipinski definition) is 0. The topological polar surface area (TPSA) is 34.4 Å². The molecule has 100 valence electrons. The first-order chi connectivity index (χ1) is 9.65. The van der Waals surface area contributed by atoms with E-state index >= 15 is 0 Å². The first-order valence-electron chi connectivity index (χ1n) is 6.36. The maximum absolute atomic E-state index is 12.5. The molecule has 1 aromatic carbocycles. The predicted octanol–water partition coefficient (Wildman–Crippen LogP) is 3.46. The molecule has 3 nitrogen and oxygen atoms in total. The van der Waals surface area contributed by atoms with Crippen LogP contribution in [0.5, 0.6) is 0 Å². The van der Waals surface area contributed by atoms with Gasteiger partial charge in [0.2, 0.25) is 0 Å². The van der Waals surface area contributed by atoms with E-state index < -0.39 is 0 Å². The van der Waals surface area contributed by atoms with E-state index in [2.05, 4.69) is 4.98 Å². The molecule has 0 radical (unpaired) electrons. The number of benzene rings is 1. The Balaban J connectivity index is 2.07. The number of nitrogens with zero attached hydrogens (tertiary/aromatic N) is 2. The number of fused-ring (bicyclic) bond motifs is 1. The van der Waals surface area contributed by atoms with Crippen molar-refractivity contribution in [1.29, 1.82) is 0 Å². The van der Waals surface area contributed by atoms with Gasteiger partial charge in [0.1, 0.15) is 5.65 Å². The zero-order valence-corrected chi connectivity index (χ0v) is 12.1. The Morgan fingerprint density at radius 1 is 1.10 bits per heavy atom. The minimum absolute atomic E-state index is 0.0238. The smallest absolute Gasteiger partial charge is 0.268 e. The summed E-state index contributed by atoms with van der Waals surface area (Å²) in [4.78, 5) is 18.5. The van der Waals surface area contributed by atoms with E-state index in [1.807, 2.05) is 50.2 Å². The van der Waals surface area contributed by atoms with E-state index in [0.717, 1.165) is 10.5 Å². The standard InChI is InChI=1S/C16H14N2OS/c1-11-5-7-13(8-6-11)20-14-10-17-15-12(2)4-3-9-18(15)16(14)19/h3-10H,1-2H3. The summed E-state index contributed by atoms with van der Waals surface area (Å²) in [6.45, 7) is 4.00. The fourth-order valence-corrected chi connectivity index (χ4v) is 2.85. The summed E-state index contributed by atoms with van der Waals surface area (Å²) in [5.74, 6) is 0. The molecule has 0 saturated carbocycles. The number of hydrogen-bond acceptors (Lipinski definition) is 3. The molecule has 0 N–H and O–H groups in total. The third kappa shape index (κ3) is 2.34. The molecule has 0 spiro atoms. The third-order valence-corrected chi connectivity index (χ3v) is 4.15. The largest absolute Gasteiger partial charge is 0.271 e. The van der Waals surface area contributed by atoms with E-state index in [-0.39, 0.29) is 5.56 Å². The summed E-state index contributed by atoms with van der Waals surface area (Å²) in [5.41, 5.74) is 2.89. The molecule has 0 amide bonds. The molecule has 0 aliphatic heterocycles. The Hall–Kier alpha value is -2.07. The van der Waals surface area contributed by atoms with Crippen LogP contribution in [-0.2, 0) is 0 Å². The van der Waals surface area contributed by atoms with Gasteiger partial charge in [0, 0.05) is 17.3 Å². The second kappa shape index (κ2) is 5.13. The highest BCUT2D eigenvalue weighted by Crippen LogP contribution is 2.24. The first kappa shape index (κ1) is 12.9. The molecule has 0 saturated heterocycles. The molecule has 0 aliphatic carbocycles. The van der Waals surface area contributed by atoms with Gasteiger partial charge in [-0.05, 0) is 37.6 Å². The maximum Gasteiger partial charge on any atom is 0.271 e. The van der Waals surface area contributed by atoms with Crippen LogP contribution in [0.15, 0.2) is 63.4 Å². The lowest BCUT2D eigenvalue weighted by molar-refractivity contribution is 0.975. The zero-order chi connectivity index (χ0) is 14.1. The van der Waals surface area contributed by atoms with Gasteiger partial charge in [0.15, 0.2) is 0 Å². The van der Waals surface area contributed by atoms with Gasteiger partial charge in [-0.1, -0.05) is 35.5 Å². The van der Waals surface area contributed by atoms with Gasteiger partial charge in [-0.3, -0.25) is 9.20 Å². The highest BCUT2D eigenvalue weighted by Gasteiger charge is 2.07. The maximum atomic E-state index is 12.5. The van der Waals surface area contributed by atoms with Gasteiger partial charge in [-0.25, -0.2) is 4.98 Å². The van der Waals surface area contributed by atoms with Crippen molar-refractivity contribution < 1.29 is 0 Å². The Morgan fingerprint density at radius 2 is 1.85 bits per heavy atom. The van der Waals surface area contributed by atoms with Crippen LogP contribution in [0.1, 0.15) is 11.1 Å². The van der Waals surface area contributed by atoms with Gasteiger partial charge in [0.25, 0.3) is 5.56 Å². The van der Waals surface area contributed by atoms with Crippen molar-refractivity contribution in [1.82, 2.24) is 9.38 Å². The minimum Gasteiger partial charge on any atom is -0.268 e. The fraction of sp³-hybridized carbons (Fsp3) is 0.125. The number of aryl methyl sites for hydroxylation is 2. The van der Waals surface area contributed by atoms with Crippen LogP contribution in [0.2, 0.25) is 0 Å². The molecule has 3 aromatic rings. The van der Waals surface area contributed by atoms with E-state index in [1.165, 1.54) is 17.3 Å². The molecule has 3 rings (SSSR count). The van der Waals surface area contributed by atoms with Crippen molar-refractivity contribution in [3.05, 3.63) is 70.3 Å². The van der Waals surface area contributed by atoms with E-state index in [4.69, 9.17) is 0 Å². The molecule has 4 heteroatoms. The Morgan fingerprint density at radius 3 is 2.60 bits per heavy atom. The summed E-state index contributed by atoms with van der Waals surface area (Å²) >= 11 is 1.45. The molecule has 0 bridgehead atoms. The summed E-state index contributed by atoms with van der Waals surface area (Å²) < 4.78 is 1.60. The molecule has 2 aromatic heterocycles.